The number of nitrogens with one attached hydrogen (secondary N) is 2. The Morgan fingerprint density at radius 1 is 1.42 bits per heavy atom. The lowest BCUT2D eigenvalue weighted by Gasteiger charge is -2.07. The van der Waals surface area contributed by atoms with Gasteiger partial charge >= 0.3 is 0 Å². The summed E-state index contributed by atoms with van der Waals surface area (Å²) in [5.74, 6) is -0.0911. The molecule has 0 amide bonds. The normalized spacial score (nSPS) is 12.0. The van der Waals surface area contributed by atoms with Gasteiger partial charge in [-0.3, -0.25) is 9.59 Å². The Labute approximate surface area is 149 Å². The number of rotatable bonds is 8. The molecule has 2 rings (SSSR count). The molecule has 0 fully saturated rings. The van der Waals surface area contributed by atoms with Gasteiger partial charge < -0.3 is 10.3 Å². The van der Waals surface area contributed by atoms with Crippen LogP contribution in [0.3, 0.4) is 0 Å². The molecule has 8 heteroatoms. The van der Waals surface area contributed by atoms with Crippen LogP contribution in [-0.4, -0.2) is 38.5 Å². The molecular formula is C16H20N4O2S2. The number of thioether (sulfide) groups is 1. The molecule has 0 aliphatic rings. The molecule has 6 nitrogen and oxygen atoms in total. The van der Waals surface area contributed by atoms with Crippen LogP contribution in [0.2, 0.25) is 0 Å². The van der Waals surface area contributed by atoms with Crippen molar-refractivity contribution in [3.63, 3.8) is 0 Å². The minimum atomic E-state index is -0.332. The number of hydrogen-bond donors (Lipinski definition) is 2. The molecule has 0 aliphatic heterocycles. The summed E-state index contributed by atoms with van der Waals surface area (Å²) in [5, 5.41) is 11.5. The van der Waals surface area contributed by atoms with E-state index in [-0.39, 0.29) is 16.8 Å². The number of aromatic amines is 1. The van der Waals surface area contributed by atoms with Crippen LogP contribution in [0.25, 0.3) is 0 Å². The summed E-state index contributed by atoms with van der Waals surface area (Å²) in [6, 6.07) is 0. The van der Waals surface area contributed by atoms with Gasteiger partial charge in [0, 0.05) is 17.8 Å². The molecule has 1 unspecified atom stereocenters. The molecule has 0 saturated heterocycles. The van der Waals surface area contributed by atoms with Crippen molar-refractivity contribution in [1.82, 2.24) is 15.2 Å². The zero-order valence-electron chi connectivity index (χ0n) is 14.1. The van der Waals surface area contributed by atoms with Crippen LogP contribution in [0.4, 0.5) is 5.13 Å². The Balaban J connectivity index is 2.12. The predicted octanol–water partition coefficient (Wildman–Crippen LogP) is 3.65. The van der Waals surface area contributed by atoms with E-state index < -0.39 is 0 Å². The van der Waals surface area contributed by atoms with Crippen molar-refractivity contribution in [1.29, 1.82) is 0 Å². The Hall–Kier alpha value is -1.93. The lowest BCUT2D eigenvalue weighted by Crippen LogP contribution is -2.15. The third kappa shape index (κ3) is 3.93. The van der Waals surface area contributed by atoms with Gasteiger partial charge in [0.25, 0.3) is 0 Å². The maximum absolute atomic E-state index is 12.7. The Bertz CT molecular complexity index is 779. The number of anilines is 1. The summed E-state index contributed by atoms with van der Waals surface area (Å²) in [6.07, 6.45) is 1.74. The third-order valence-electron chi connectivity index (χ3n) is 3.49. The smallest absolute Gasteiger partial charge is 0.206 e. The van der Waals surface area contributed by atoms with Gasteiger partial charge in [-0.1, -0.05) is 29.2 Å². The number of ketones is 2. The van der Waals surface area contributed by atoms with Gasteiger partial charge in [-0.25, -0.2) is 0 Å². The minimum Gasteiger partial charge on any atom is -0.357 e. The summed E-state index contributed by atoms with van der Waals surface area (Å²) in [6.45, 7) is 11.2. The lowest BCUT2D eigenvalue weighted by atomic mass is 10.0. The molecule has 0 bridgehead atoms. The van der Waals surface area contributed by atoms with E-state index in [0.717, 1.165) is 10.0 Å². The van der Waals surface area contributed by atoms with Gasteiger partial charge in [-0.2, -0.15) is 0 Å². The first-order valence-corrected chi connectivity index (χ1v) is 9.14. The fourth-order valence-corrected chi connectivity index (χ4v) is 4.38. The highest BCUT2D eigenvalue weighted by Gasteiger charge is 2.25. The molecule has 24 heavy (non-hydrogen) atoms. The maximum atomic E-state index is 12.7. The van der Waals surface area contributed by atoms with Gasteiger partial charge in [0.2, 0.25) is 5.13 Å². The first kappa shape index (κ1) is 18.4. The van der Waals surface area contributed by atoms with E-state index in [0.29, 0.717) is 28.5 Å². The molecule has 0 aliphatic carbocycles. The van der Waals surface area contributed by atoms with Crippen LogP contribution in [0.1, 0.15) is 46.0 Å². The van der Waals surface area contributed by atoms with E-state index >= 15 is 0 Å². The number of carbonyl (C=O) groups excluding carboxylic acids is 2. The van der Waals surface area contributed by atoms with Crippen LogP contribution in [0.15, 0.2) is 17.0 Å². The van der Waals surface area contributed by atoms with Crippen LogP contribution in [0.5, 0.6) is 0 Å². The quantitative estimate of drug-likeness (QED) is 0.422. The van der Waals surface area contributed by atoms with Gasteiger partial charge in [0.15, 0.2) is 15.9 Å². The van der Waals surface area contributed by atoms with E-state index in [2.05, 4.69) is 27.1 Å². The molecule has 2 heterocycles. The average molecular weight is 364 g/mol. The second kappa shape index (κ2) is 7.76. The van der Waals surface area contributed by atoms with Gasteiger partial charge in [0.1, 0.15) is 0 Å². The number of Topliss-reactive ketones (excluding diaryl/α,β-unsaturated/α-hetero) is 2. The molecule has 128 valence electrons. The lowest BCUT2D eigenvalue weighted by molar-refractivity contribution is 0.0988. The third-order valence-corrected chi connectivity index (χ3v) is 5.55. The van der Waals surface area contributed by atoms with Crippen molar-refractivity contribution in [3.8, 4) is 0 Å². The maximum Gasteiger partial charge on any atom is 0.206 e. The summed E-state index contributed by atoms with van der Waals surface area (Å²) in [4.78, 5) is 27.5. The van der Waals surface area contributed by atoms with Gasteiger partial charge in [-0.15, -0.1) is 16.8 Å². The van der Waals surface area contributed by atoms with Crippen molar-refractivity contribution < 1.29 is 9.59 Å². The Morgan fingerprint density at radius 3 is 2.71 bits per heavy atom. The topological polar surface area (TPSA) is 87.7 Å². The number of H-pyrrole nitrogens is 1. The standard InChI is InChI=1S/C16H20N4O2S2/c1-6-7-17-15-19-20-16(24-15)23-11(5)14(22)13-8(2)12(10(4)21)9(3)18-13/h6,11,18H,1,7H2,2-5H3,(H,17,19). The SMILES string of the molecule is C=CCNc1nnc(SC(C)C(=O)c2[nH]c(C)c(C(C)=O)c2C)s1. The fourth-order valence-electron chi connectivity index (χ4n) is 2.42. The van der Waals surface area contributed by atoms with Crippen molar-refractivity contribution in [2.75, 3.05) is 11.9 Å². The van der Waals surface area contributed by atoms with Gasteiger partial charge in [-0.05, 0) is 33.3 Å². The van der Waals surface area contributed by atoms with Crippen molar-refractivity contribution in [3.05, 3.63) is 35.2 Å². The fraction of sp³-hybridized carbons (Fsp3) is 0.375. The summed E-state index contributed by atoms with van der Waals surface area (Å²) < 4.78 is 0.718. The summed E-state index contributed by atoms with van der Waals surface area (Å²) in [5.41, 5.74) is 2.53. The number of nitrogens with zero attached hydrogens (tertiary/aromatic N) is 2. The van der Waals surface area contributed by atoms with Crippen LogP contribution in [0, 0.1) is 13.8 Å². The molecule has 0 radical (unpaired) electrons. The monoisotopic (exact) mass is 364 g/mol. The number of aryl methyl sites for hydroxylation is 1. The molecule has 0 aromatic carbocycles. The highest BCUT2D eigenvalue weighted by molar-refractivity contribution is 8.02. The molecule has 0 spiro atoms. The molecule has 2 aromatic heterocycles. The first-order chi connectivity index (χ1) is 11.3. The second-order valence-electron chi connectivity index (χ2n) is 5.35. The van der Waals surface area contributed by atoms with Crippen LogP contribution in [-0.2, 0) is 0 Å². The van der Waals surface area contributed by atoms with E-state index in [1.165, 1.54) is 30.0 Å². The Kier molecular flexibility index (Phi) is 5.95. The minimum absolute atomic E-state index is 0.0392. The summed E-state index contributed by atoms with van der Waals surface area (Å²) in [7, 11) is 0. The average Bonchev–Trinajstić information content (AvgIpc) is 3.08. The van der Waals surface area contributed by atoms with E-state index in [1.54, 1.807) is 19.9 Å². The van der Waals surface area contributed by atoms with E-state index in [4.69, 9.17) is 0 Å². The van der Waals surface area contributed by atoms with E-state index in [9.17, 15) is 9.59 Å². The number of hydrogen-bond acceptors (Lipinski definition) is 7. The van der Waals surface area contributed by atoms with Crippen LogP contribution < -0.4 is 5.32 Å². The molecule has 2 aromatic rings. The Morgan fingerprint density at radius 2 is 2.12 bits per heavy atom. The summed E-state index contributed by atoms with van der Waals surface area (Å²) >= 11 is 2.75. The first-order valence-electron chi connectivity index (χ1n) is 7.44. The number of carbonyl (C=O) groups is 2. The van der Waals surface area contributed by atoms with Crippen molar-refractivity contribution in [2.45, 2.75) is 37.3 Å². The molecule has 2 N–H and O–H groups in total. The van der Waals surface area contributed by atoms with Crippen LogP contribution >= 0.6 is 23.1 Å². The zero-order chi connectivity index (χ0) is 17.9. The largest absolute Gasteiger partial charge is 0.357 e. The zero-order valence-corrected chi connectivity index (χ0v) is 15.7. The highest BCUT2D eigenvalue weighted by Crippen LogP contribution is 2.31. The van der Waals surface area contributed by atoms with Crippen molar-refractivity contribution >= 4 is 39.8 Å². The van der Waals surface area contributed by atoms with Crippen molar-refractivity contribution in [2.24, 2.45) is 0 Å². The molecule has 0 saturated carbocycles. The molecular weight excluding hydrogens is 344 g/mol. The highest BCUT2D eigenvalue weighted by atomic mass is 32.2. The number of aromatic nitrogens is 3. The second-order valence-corrected chi connectivity index (χ2v) is 7.91. The van der Waals surface area contributed by atoms with Gasteiger partial charge in [0.05, 0.1) is 10.9 Å². The predicted molar refractivity (Wildman–Crippen MR) is 98.5 cm³/mol. The molecule has 1 atom stereocenters. The van der Waals surface area contributed by atoms with E-state index in [1.807, 2.05) is 6.92 Å².